The Morgan fingerprint density at radius 3 is 1.45 bits per heavy atom. The molecule has 0 radical (unpaired) electrons. The Kier molecular flexibility index (Phi) is 7.33. The van der Waals surface area contributed by atoms with Gasteiger partial charge in [-0.1, -0.05) is 146 Å². The first-order valence-electron chi connectivity index (χ1n) is 20.1. The average molecular weight is 738 g/mol. The molecule has 270 valence electrons. The van der Waals surface area contributed by atoms with Crippen molar-refractivity contribution < 1.29 is 0 Å². The minimum atomic E-state index is 0.0691. The number of anilines is 6. The van der Waals surface area contributed by atoms with Crippen LogP contribution in [0, 0.1) is 0 Å². The summed E-state index contributed by atoms with van der Waals surface area (Å²) >= 11 is 0. The van der Waals surface area contributed by atoms with E-state index >= 15 is 0 Å². The Morgan fingerprint density at radius 1 is 0.293 bits per heavy atom. The molecule has 0 atom stereocenters. The highest BCUT2D eigenvalue weighted by Gasteiger charge is 2.43. The molecule has 12 rings (SSSR count). The lowest BCUT2D eigenvalue weighted by Crippen LogP contribution is -2.61. The van der Waals surface area contributed by atoms with Gasteiger partial charge in [-0.15, -0.1) is 0 Å². The van der Waals surface area contributed by atoms with Gasteiger partial charge < -0.3 is 14.4 Å². The number of aromatic nitrogens is 1. The van der Waals surface area contributed by atoms with E-state index in [0.29, 0.717) is 0 Å². The molecule has 2 aliphatic rings. The quantitative estimate of drug-likeness (QED) is 0.163. The van der Waals surface area contributed by atoms with Crippen molar-refractivity contribution in [1.82, 2.24) is 4.57 Å². The summed E-state index contributed by atoms with van der Waals surface area (Å²) in [4.78, 5) is 4.90. The van der Waals surface area contributed by atoms with Gasteiger partial charge in [-0.05, 0) is 111 Å². The van der Waals surface area contributed by atoms with Crippen LogP contribution in [-0.2, 0) is 0 Å². The van der Waals surface area contributed by atoms with E-state index in [-0.39, 0.29) is 6.71 Å². The van der Waals surface area contributed by atoms with Gasteiger partial charge in [0, 0.05) is 50.6 Å². The fourth-order valence-electron chi connectivity index (χ4n) is 9.64. The third kappa shape index (κ3) is 4.95. The lowest BCUT2D eigenvalue weighted by molar-refractivity contribution is 1.18. The minimum Gasteiger partial charge on any atom is -0.311 e. The van der Waals surface area contributed by atoms with Crippen LogP contribution in [0.5, 0.6) is 0 Å². The number of hydrogen-bond donors (Lipinski definition) is 0. The second-order valence-corrected chi connectivity index (χ2v) is 15.3. The maximum atomic E-state index is 2.46. The first kappa shape index (κ1) is 32.7. The van der Waals surface area contributed by atoms with Crippen LogP contribution in [0.4, 0.5) is 34.1 Å². The van der Waals surface area contributed by atoms with E-state index in [2.05, 4.69) is 233 Å². The topological polar surface area (TPSA) is 11.4 Å². The fourth-order valence-corrected chi connectivity index (χ4v) is 9.64. The van der Waals surface area contributed by atoms with Crippen molar-refractivity contribution in [2.45, 2.75) is 0 Å². The highest BCUT2D eigenvalue weighted by atomic mass is 15.2. The summed E-state index contributed by atoms with van der Waals surface area (Å²) in [5, 5.41) is 2.53. The maximum absolute atomic E-state index is 2.46. The molecular weight excluding hydrogens is 701 g/mol. The number of rotatable bonds is 5. The smallest absolute Gasteiger partial charge is 0.252 e. The van der Waals surface area contributed by atoms with Crippen LogP contribution in [-0.4, -0.2) is 11.3 Å². The van der Waals surface area contributed by atoms with Crippen LogP contribution in [0.3, 0.4) is 0 Å². The van der Waals surface area contributed by atoms with Crippen LogP contribution in [0.1, 0.15) is 0 Å². The van der Waals surface area contributed by atoms with E-state index in [1.807, 2.05) is 0 Å². The highest BCUT2D eigenvalue weighted by Crippen LogP contribution is 2.44. The minimum absolute atomic E-state index is 0.0691. The number of nitrogens with zero attached hydrogens (tertiary/aromatic N) is 3. The van der Waals surface area contributed by atoms with Gasteiger partial charge in [0.25, 0.3) is 6.71 Å². The second-order valence-electron chi connectivity index (χ2n) is 15.3. The molecule has 3 nitrogen and oxygen atoms in total. The Balaban J connectivity index is 0.993. The third-order valence-electron chi connectivity index (χ3n) is 12.2. The molecule has 58 heavy (non-hydrogen) atoms. The van der Waals surface area contributed by atoms with E-state index in [4.69, 9.17) is 0 Å². The zero-order valence-corrected chi connectivity index (χ0v) is 31.7. The van der Waals surface area contributed by atoms with Crippen LogP contribution < -0.4 is 26.2 Å². The molecule has 4 heteroatoms. The first-order chi connectivity index (χ1) is 28.8. The van der Waals surface area contributed by atoms with Crippen molar-refractivity contribution in [3.05, 3.63) is 218 Å². The monoisotopic (exact) mass is 737 g/mol. The van der Waals surface area contributed by atoms with Crippen LogP contribution in [0.25, 0.3) is 49.7 Å². The lowest BCUT2D eigenvalue weighted by atomic mass is 9.33. The van der Waals surface area contributed by atoms with Crippen molar-refractivity contribution in [2.75, 3.05) is 9.80 Å². The van der Waals surface area contributed by atoms with Crippen molar-refractivity contribution >= 4 is 79.0 Å². The zero-order chi connectivity index (χ0) is 38.2. The van der Waals surface area contributed by atoms with Crippen molar-refractivity contribution in [1.29, 1.82) is 0 Å². The van der Waals surface area contributed by atoms with Crippen molar-refractivity contribution in [3.8, 4) is 27.9 Å². The molecule has 0 saturated heterocycles. The Labute approximate surface area is 338 Å². The van der Waals surface area contributed by atoms with Gasteiger partial charge in [-0.2, -0.15) is 0 Å². The molecule has 0 N–H and O–H groups in total. The van der Waals surface area contributed by atoms with Gasteiger partial charge in [-0.25, -0.2) is 0 Å². The van der Waals surface area contributed by atoms with Gasteiger partial charge in [0.15, 0.2) is 0 Å². The predicted molar refractivity (Wildman–Crippen MR) is 246 cm³/mol. The largest absolute Gasteiger partial charge is 0.311 e. The van der Waals surface area contributed by atoms with E-state index < -0.39 is 0 Å². The molecule has 3 heterocycles. The lowest BCUT2D eigenvalue weighted by Gasteiger charge is -2.44. The molecule has 10 aromatic rings. The van der Waals surface area contributed by atoms with Crippen molar-refractivity contribution in [2.24, 2.45) is 0 Å². The molecule has 9 aromatic carbocycles. The summed E-state index contributed by atoms with van der Waals surface area (Å²) in [5.74, 6) is 0. The standard InChI is InChI=1S/C54H36BN3/c1-4-15-41(16-5-1)56-48-23-12-10-21-44(48)45-33-31-40(36-53(45)56)38-29-27-37(28-30-38)39-32-34-50-47(35-39)55-46-22-11-13-24-49(46)57(42-17-6-2-7-18-42)51-25-14-26-52(54(51)55)58(50)43-19-8-3-9-20-43/h1-36H. The first-order valence-corrected chi connectivity index (χ1v) is 20.1. The summed E-state index contributed by atoms with van der Waals surface area (Å²) < 4.78 is 2.39. The molecule has 2 aliphatic heterocycles. The summed E-state index contributed by atoms with van der Waals surface area (Å²) in [6, 6.07) is 79.9. The Bertz CT molecular complexity index is 3160. The third-order valence-corrected chi connectivity index (χ3v) is 12.2. The molecule has 0 bridgehead atoms. The number of hydrogen-bond acceptors (Lipinski definition) is 2. The molecule has 0 aliphatic carbocycles. The zero-order valence-electron chi connectivity index (χ0n) is 31.7. The van der Waals surface area contributed by atoms with Crippen molar-refractivity contribution in [3.63, 3.8) is 0 Å². The summed E-state index contributed by atoms with van der Waals surface area (Å²) in [5.41, 5.74) is 19.6. The average Bonchev–Trinajstić information content (AvgIpc) is 3.63. The van der Waals surface area contributed by atoms with Gasteiger partial charge in [-0.3, -0.25) is 0 Å². The maximum Gasteiger partial charge on any atom is 0.252 e. The van der Waals surface area contributed by atoms with Gasteiger partial charge >= 0.3 is 0 Å². The molecule has 0 unspecified atom stereocenters. The molecule has 0 fully saturated rings. The molecule has 1 aromatic heterocycles. The van der Waals surface area contributed by atoms with E-state index in [1.165, 1.54) is 88.9 Å². The predicted octanol–water partition coefficient (Wildman–Crippen LogP) is 12.2. The summed E-state index contributed by atoms with van der Waals surface area (Å²) in [6.07, 6.45) is 0. The molecule has 0 amide bonds. The molecule has 0 saturated carbocycles. The van der Waals surface area contributed by atoms with E-state index in [9.17, 15) is 0 Å². The van der Waals surface area contributed by atoms with Crippen LogP contribution in [0.15, 0.2) is 218 Å². The normalized spacial score (nSPS) is 12.7. The summed E-state index contributed by atoms with van der Waals surface area (Å²) in [6.45, 7) is 0.0691. The van der Waals surface area contributed by atoms with Crippen LogP contribution in [0.2, 0.25) is 0 Å². The number of fused-ring (bicyclic) bond motifs is 7. The second kappa shape index (κ2) is 13.0. The Hall–Kier alpha value is -7.56. The number of benzene rings is 9. The highest BCUT2D eigenvalue weighted by molar-refractivity contribution is 7.00. The van der Waals surface area contributed by atoms with E-state index in [1.54, 1.807) is 0 Å². The van der Waals surface area contributed by atoms with Gasteiger partial charge in [0.2, 0.25) is 0 Å². The summed E-state index contributed by atoms with van der Waals surface area (Å²) in [7, 11) is 0. The van der Waals surface area contributed by atoms with Gasteiger partial charge in [0.1, 0.15) is 0 Å². The molecule has 0 spiro atoms. The van der Waals surface area contributed by atoms with E-state index in [0.717, 1.165) is 11.4 Å². The molecular formula is C54H36BN3. The fraction of sp³-hybridized carbons (Fsp3) is 0. The SMILES string of the molecule is c1ccc(N2c3ccccc3B3c4cc(-c5ccc(-c6ccc7c8ccccc8n(-c8ccccc8)c7c6)cc5)ccc4N(c4ccccc4)c4cccc2c43)cc1. The van der Waals surface area contributed by atoms with Crippen LogP contribution >= 0.6 is 0 Å². The van der Waals surface area contributed by atoms with Gasteiger partial charge in [0.05, 0.1) is 11.0 Å². The number of para-hydroxylation sites is 5. The Morgan fingerprint density at radius 2 is 0.776 bits per heavy atom.